The second kappa shape index (κ2) is 10.4. The standard InChI is InChI=1S/C26H22F3N3O4/c1-34-22-10-18(11-23(13-22)35-2)19-9-17-5-6-20(12-24(17)30-15-19)32-25(33)31-14-16-3-7-21(8-4-16)36-26(27,28)29/h3-13,15H,14H2,1-2H3,(H2,31,32,33). The molecule has 4 rings (SSSR count). The maximum absolute atomic E-state index is 12.3. The Labute approximate surface area is 204 Å². The molecule has 0 radical (unpaired) electrons. The van der Waals surface area contributed by atoms with E-state index in [0.29, 0.717) is 28.3 Å². The Morgan fingerprint density at radius 1 is 0.861 bits per heavy atom. The number of urea groups is 1. The Morgan fingerprint density at radius 2 is 1.56 bits per heavy atom. The number of carbonyl (C=O) groups excluding carboxylic acids is 1. The zero-order valence-corrected chi connectivity index (χ0v) is 19.3. The lowest BCUT2D eigenvalue weighted by atomic mass is 10.0. The Morgan fingerprint density at radius 3 is 2.19 bits per heavy atom. The molecule has 1 aromatic heterocycles. The van der Waals surface area contributed by atoms with E-state index in [9.17, 15) is 18.0 Å². The lowest BCUT2D eigenvalue weighted by molar-refractivity contribution is -0.274. The number of rotatable bonds is 7. The van der Waals surface area contributed by atoms with Crippen LogP contribution in [0, 0.1) is 0 Å². The summed E-state index contributed by atoms with van der Waals surface area (Å²) in [6, 6.07) is 17.7. The number of benzene rings is 3. The van der Waals surface area contributed by atoms with Crippen molar-refractivity contribution in [3.05, 3.63) is 78.5 Å². The molecule has 0 unspecified atom stereocenters. The number of nitrogens with zero attached hydrogens (tertiary/aromatic N) is 1. The number of ether oxygens (including phenoxy) is 3. The van der Waals surface area contributed by atoms with Crippen LogP contribution in [0.4, 0.5) is 23.7 Å². The van der Waals surface area contributed by atoms with Crippen LogP contribution in [-0.4, -0.2) is 31.6 Å². The fourth-order valence-electron chi connectivity index (χ4n) is 3.50. The van der Waals surface area contributed by atoms with Crippen LogP contribution in [-0.2, 0) is 6.54 Å². The highest BCUT2D eigenvalue weighted by Crippen LogP contribution is 2.31. The third-order valence-electron chi connectivity index (χ3n) is 5.24. The van der Waals surface area contributed by atoms with Gasteiger partial charge in [0.2, 0.25) is 0 Å². The smallest absolute Gasteiger partial charge is 0.497 e. The van der Waals surface area contributed by atoms with E-state index in [2.05, 4.69) is 20.4 Å². The van der Waals surface area contributed by atoms with E-state index in [0.717, 1.165) is 16.5 Å². The third kappa shape index (κ3) is 6.35. The molecule has 1 heterocycles. The lowest BCUT2D eigenvalue weighted by Gasteiger charge is -2.11. The van der Waals surface area contributed by atoms with E-state index in [1.165, 1.54) is 24.3 Å². The van der Waals surface area contributed by atoms with Gasteiger partial charge < -0.3 is 24.8 Å². The molecule has 186 valence electrons. The summed E-state index contributed by atoms with van der Waals surface area (Å²) >= 11 is 0. The van der Waals surface area contributed by atoms with E-state index in [1.54, 1.807) is 38.6 Å². The van der Waals surface area contributed by atoms with Crippen LogP contribution in [0.5, 0.6) is 17.2 Å². The highest BCUT2D eigenvalue weighted by Gasteiger charge is 2.30. The number of pyridine rings is 1. The number of aromatic nitrogens is 1. The van der Waals surface area contributed by atoms with Gasteiger partial charge >= 0.3 is 12.4 Å². The molecule has 0 atom stereocenters. The van der Waals surface area contributed by atoms with E-state index >= 15 is 0 Å². The minimum Gasteiger partial charge on any atom is -0.497 e. The molecule has 36 heavy (non-hydrogen) atoms. The first kappa shape index (κ1) is 24.6. The maximum Gasteiger partial charge on any atom is 0.573 e. The van der Waals surface area contributed by atoms with Crippen LogP contribution in [0.1, 0.15) is 5.56 Å². The first-order valence-corrected chi connectivity index (χ1v) is 10.8. The van der Waals surface area contributed by atoms with Crippen molar-refractivity contribution >= 4 is 22.6 Å². The number of alkyl halides is 3. The van der Waals surface area contributed by atoms with Gasteiger partial charge in [-0.15, -0.1) is 13.2 Å². The Balaban J connectivity index is 1.40. The molecule has 0 saturated heterocycles. The molecule has 2 N–H and O–H groups in total. The summed E-state index contributed by atoms with van der Waals surface area (Å²) in [5, 5.41) is 6.26. The topological polar surface area (TPSA) is 81.7 Å². The number of methoxy groups -OCH3 is 2. The monoisotopic (exact) mass is 497 g/mol. The number of fused-ring (bicyclic) bond motifs is 1. The third-order valence-corrected chi connectivity index (χ3v) is 5.24. The van der Waals surface area contributed by atoms with Crippen molar-refractivity contribution in [2.24, 2.45) is 0 Å². The van der Waals surface area contributed by atoms with Crippen LogP contribution in [0.25, 0.3) is 22.0 Å². The molecule has 0 aliphatic carbocycles. The van der Waals surface area contributed by atoms with Crippen molar-refractivity contribution < 1.29 is 32.2 Å². The molecule has 0 spiro atoms. The Bertz CT molecular complexity index is 1350. The van der Waals surface area contributed by atoms with Gasteiger partial charge in [-0.3, -0.25) is 4.98 Å². The Hall–Kier alpha value is -4.47. The highest BCUT2D eigenvalue weighted by atomic mass is 19.4. The predicted molar refractivity (Wildman–Crippen MR) is 129 cm³/mol. The van der Waals surface area contributed by atoms with E-state index < -0.39 is 12.4 Å². The number of anilines is 1. The van der Waals surface area contributed by atoms with Crippen LogP contribution in [0.15, 0.2) is 72.9 Å². The van der Waals surface area contributed by atoms with Crippen LogP contribution in [0.2, 0.25) is 0 Å². The van der Waals surface area contributed by atoms with Crippen molar-refractivity contribution in [2.45, 2.75) is 12.9 Å². The van der Waals surface area contributed by atoms with Gasteiger partial charge in [0.1, 0.15) is 17.2 Å². The molecule has 3 aromatic carbocycles. The molecular formula is C26H22F3N3O4. The number of hydrogen-bond acceptors (Lipinski definition) is 5. The number of halogens is 3. The summed E-state index contributed by atoms with van der Waals surface area (Å²) in [5.41, 5.74) is 3.61. The Kier molecular flexibility index (Phi) is 7.14. The van der Waals surface area contributed by atoms with Gasteiger partial charge in [-0.05, 0) is 53.6 Å². The lowest BCUT2D eigenvalue weighted by Crippen LogP contribution is -2.28. The molecule has 10 heteroatoms. The molecule has 7 nitrogen and oxygen atoms in total. The van der Waals surface area contributed by atoms with E-state index in [1.807, 2.05) is 24.3 Å². The largest absolute Gasteiger partial charge is 0.573 e. The van der Waals surface area contributed by atoms with Gasteiger partial charge in [0.15, 0.2) is 0 Å². The molecule has 0 saturated carbocycles. The van der Waals surface area contributed by atoms with Gasteiger partial charge in [0, 0.05) is 35.4 Å². The second-order valence-electron chi connectivity index (χ2n) is 7.73. The zero-order chi connectivity index (χ0) is 25.7. The van der Waals surface area contributed by atoms with Crippen molar-refractivity contribution in [1.82, 2.24) is 10.3 Å². The molecule has 0 aliphatic rings. The van der Waals surface area contributed by atoms with E-state index in [4.69, 9.17) is 9.47 Å². The average Bonchev–Trinajstić information content (AvgIpc) is 2.86. The van der Waals surface area contributed by atoms with Gasteiger partial charge in [-0.25, -0.2) is 4.79 Å². The second-order valence-corrected chi connectivity index (χ2v) is 7.73. The molecule has 0 fully saturated rings. The van der Waals surface area contributed by atoms with Crippen LogP contribution >= 0.6 is 0 Å². The van der Waals surface area contributed by atoms with Gasteiger partial charge in [-0.1, -0.05) is 18.2 Å². The average molecular weight is 497 g/mol. The summed E-state index contributed by atoms with van der Waals surface area (Å²) in [7, 11) is 3.18. The van der Waals surface area contributed by atoms with Crippen molar-refractivity contribution in [2.75, 3.05) is 19.5 Å². The van der Waals surface area contributed by atoms with Crippen molar-refractivity contribution in [3.63, 3.8) is 0 Å². The van der Waals surface area contributed by atoms with Gasteiger partial charge in [0.25, 0.3) is 0 Å². The van der Waals surface area contributed by atoms with Gasteiger partial charge in [0.05, 0.1) is 19.7 Å². The highest BCUT2D eigenvalue weighted by molar-refractivity contribution is 5.93. The van der Waals surface area contributed by atoms with Crippen molar-refractivity contribution in [1.29, 1.82) is 0 Å². The summed E-state index contributed by atoms with van der Waals surface area (Å²) in [5.74, 6) is 1.01. The SMILES string of the molecule is COc1cc(OC)cc(-c2cnc3cc(NC(=O)NCc4ccc(OC(F)(F)F)cc4)ccc3c2)c1. The van der Waals surface area contributed by atoms with Crippen molar-refractivity contribution in [3.8, 4) is 28.4 Å². The quantitative estimate of drug-likeness (QED) is 0.321. The first-order chi connectivity index (χ1) is 17.2. The number of hydrogen-bond donors (Lipinski definition) is 2. The van der Waals surface area contributed by atoms with E-state index in [-0.39, 0.29) is 12.3 Å². The summed E-state index contributed by atoms with van der Waals surface area (Å²) in [4.78, 5) is 16.8. The molecular weight excluding hydrogens is 475 g/mol. The summed E-state index contributed by atoms with van der Waals surface area (Å²) in [6.45, 7) is 0.122. The van der Waals surface area contributed by atoms with Crippen LogP contribution < -0.4 is 24.8 Å². The minimum absolute atomic E-state index is 0.122. The molecule has 2 amide bonds. The predicted octanol–water partition coefficient (Wildman–Crippen LogP) is 6.14. The molecule has 0 aliphatic heterocycles. The maximum atomic E-state index is 12.3. The summed E-state index contributed by atoms with van der Waals surface area (Å²) in [6.07, 6.45) is -3.02. The molecule has 0 bridgehead atoms. The number of amides is 2. The van der Waals surface area contributed by atoms with Gasteiger partial charge in [-0.2, -0.15) is 0 Å². The fraction of sp³-hybridized carbons (Fsp3) is 0.154. The zero-order valence-electron chi connectivity index (χ0n) is 19.3. The number of nitrogens with one attached hydrogen (secondary N) is 2. The molecule has 4 aromatic rings. The fourth-order valence-corrected chi connectivity index (χ4v) is 3.50. The van der Waals surface area contributed by atoms with Crippen LogP contribution in [0.3, 0.4) is 0 Å². The minimum atomic E-state index is -4.75. The first-order valence-electron chi connectivity index (χ1n) is 10.8. The number of carbonyl (C=O) groups is 1. The normalized spacial score (nSPS) is 11.1. The summed E-state index contributed by atoms with van der Waals surface area (Å²) < 4.78 is 51.3.